The molecule has 35 heavy (non-hydrogen) atoms. The third kappa shape index (κ3) is 5.01. The van der Waals surface area contributed by atoms with Crippen LogP contribution in [0.15, 0.2) is 45.8 Å². The number of amides is 2. The van der Waals surface area contributed by atoms with Crippen molar-refractivity contribution in [3.63, 3.8) is 0 Å². The van der Waals surface area contributed by atoms with Crippen LogP contribution in [0.3, 0.4) is 0 Å². The Morgan fingerprint density at radius 3 is 2.51 bits per heavy atom. The molecule has 0 radical (unpaired) electrons. The number of hydrogen-bond donors (Lipinski definition) is 0. The fourth-order valence-electron chi connectivity index (χ4n) is 4.91. The number of hydrogen-bond acceptors (Lipinski definition) is 4. The van der Waals surface area contributed by atoms with Crippen LogP contribution in [-0.4, -0.2) is 50.7 Å². The van der Waals surface area contributed by atoms with Gasteiger partial charge in [0.1, 0.15) is 10.7 Å². The van der Waals surface area contributed by atoms with Gasteiger partial charge in [-0.1, -0.05) is 22.9 Å². The Hall–Kier alpha value is -2.30. The molecular weight excluding hydrogens is 537 g/mol. The number of anilines is 2. The molecule has 1 fully saturated rings. The molecule has 0 aromatic heterocycles. The van der Waals surface area contributed by atoms with E-state index in [1.165, 1.54) is 16.4 Å². The van der Waals surface area contributed by atoms with E-state index < -0.39 is 15.9 Å². The first kappa shape index (κ1) is 25.8. The van der Waals surface area contributed by atoms with Crippen LogP contribution in [0.25, 0.3) is 0 Å². The molecule has 0 aliphatic carbocycles. The van der Waals surface area contributed by atoms with Gasteiger partial charge in [-0.05, 0) is 68.1 Å². The van der Waals surface area contributed by atoms with E-state index in [2.05, 4.69) is 15.9 Å². The molecule has 2 aliphatic heterocycles. The minimum atomic E-state index is -3.96. The fraction of sp³-hybridized carbons (Fsp3) is 0.440. The van der Waals surface area contributed by atoms with E-state index in [-0.39, 0.29) is 35.5 Å². The molecule has 0 unspecified atom stereocenters. The lowest BCUT2D eigenvalue weighted by Crippen LogP contribution is -2.47. The average molecular weight is 566 g/mol. The van der Waals surface area contributed by atoms with Crippen molar-refractivity contribution in [2.45, 2.75) is 44.4 Å². The van der Waals surface area contributed by atoms with Crippen LogP contribution in [0.5, 0.6) is 0 Å². The molecule has 2 aliphatic rings. The first-order valence-electron chi connectivity index (χ1n) is 11.9. The highest BCUT2D eigenvalue weighted by atomic mass is 79.9. The van der Waals surface area contributed by atoms with Gasteiger partial charge in [-0.15, -0.1) is 0 Å². The van der Waals surface area contributed by atoms with Crippen LogP contribution in [0, 0.1) is 11.7 Å². The molecule has 0 saturated carbocycles. The SMILES string of the molecule is CCC(=O)N1CCc2cc(Br)cc(S(=O)(=O)N3CCC[C@@H](C(=O)N(CC)c4ccc(F)cc4)C3)c21. The number of carbonyl (C=O) groups excluding carboxylic acids is 2. The van der Waals surface area contributed by atoms with Crippen LogP contribution in [0.4, 0.5) is 15.8 Å². The Balaban J connectivity index is 1.63. The van der Waals surface area contributed by atoms with Gasteiger partial charge < -0.3 is 9.80 Å². The van der Waals surface area contributed by atoms with Crippen molar-refractivity contribution in [2.24, 2.45) is 5.92 Å². The van der Waals surface area contributed by atoms with Crippen LogP contribution in [0.2, 0.25) is 0 Å². The van der Waals surface area contributed by atoms with Crippen molar-refractivity contribution in [3.8, 4) is 0 Å². The zero-order valence-electron chi connectivity index (χ0n) is 19.8. The summed E-state index contributed by atoms with van der Waals surface area (Å²) in [5, 5.41) is 0. The van der Waals surface area contributed by atoms with Gasteiger partial charge in [0, 0.05) is 42.8 Å². The molecule has 188 valence electrons. The highest BCUT2D eigenvalue weighted by Gasteiger charge is 2.39. The van der Waals surface area contributed by atoms with Crippen molar-refractivity contribution in [2.75, 3.05) is 36.0 Å². The second-order valence-corrected chi connectivity index (χ2v) is 11.6. The maximum Gasteiger partial charge on any atom is 0.245 e. The third-order valence-corrected chi connectivity index (χ3v) is 9.00. The molecule has 10 heteroatoms. The van der Waals surface area contributed by atoms with Gasteiger partial charge in [-0.2, -0.15) is 4.31 Å². The summed E-state index contributed by atoms with van der Waals surface area (Å²) in [5.41, 5.74) is 1.85. The van der Waals surface area contributed by atoms with Crippen LogP contribution >= 0.6 is 15.9 Å². The van der Waals surface area contributed by atoms with Gasteiger partial charge in [0.25, 0.3) is 0 Å². The van der Waals surface area contributed by atoms with Crippen molar-refractivity contribution in [3.05, 3.63) is 52.3 Å². The monoisotopic (exact) mass is 565 g/mol. The van der Waals surface area contributed by atoms with Gasteiger partial charge >= 0.3 is 0 Å². The van der Waals surface area contributed by atoms with Crippen molar-refractivity contribution in [1.29, 1.82) is 0 Å². The largest absolute Gasteiger partial charge is 0.312 e. The third-order valence-electron chi connectivity index (χ3n) is 6.67. The smallest absolute Gasteiger partial charge is 0.245 e. The predicted octanol–water partition coefficient (Wildman–Crippen LogP) is 4.34. The van der Waals surface area contributed by atoms with Crippen molar-refractivity contribution < 1.29 is 22.4 Å². The molecule has 2 heterocycles. The van der Waals surface area contributed by atoms with Crippen molar-refractivity contribution in [1.82, 2.24) is 4.31 Å². The second-order valence-electron chi connectivity index (χ2n) is 8.82. The van der Waals surface area contributed by atoms with E-state index in [0.717, 1.165) is 5.56 Å². The Morgan fingerprint density at radius 2 is 1.86 bits per heavy atom. The van der Waals surface area contributed by atoms with E-state index >= 15 is 0 Å². The van der Waals surface area contributed by atoms with E-state index in [9.17, 15) is 22.4 Å². The lowest BCUT2D eigenvalue weighted by atomic mass is 9.97. The lowest BCUT2D eigenvalue weighted by Gasteiger charge is -2.34. The standard InChI is InChI=1S/C25H29BrFN3O4S/c1-3-23(31)30-13-11-17-14-19(26)15-22(24(17)30)35(33,34)28-12-5-6-18(16-28)25(32)29(4-2)21-9-7-20(27)8-10-21/h7-10,14-15,18H,3-6,11-13,16H2,1-2H3/t18-/m1/s1. The summed E-state index contributed by atoms with van der Waals surface area (Å²) in [6.07, 6.45) is 1.99. The Bertz CT molecular complexity index is 1240. The summed E-state index contributed by atoms with van der Waals surface area (Å²) in [4.78, 5) is 29.2. The molecular formula is C25H29BrFN3O4S. The number of rotatable bonds is 6. The van der Waals surface area contributed by atoms with Gasteiger partial charge in [-0.3, -0.25) is 9.59 Å². The summed E-state index contributed by atoms with van der Waals surface area (Å²) in [6, 6.07) is 9.13. The van der Waals surface area contributed by atoms with Crippen LogP contribution in [0.1, 0.15) is 38.7 Å². The quantitative estimate of drug-likeness (QED) is 0.522. The summed E-state index contributed by atoms with van der Waals surface area (Å²) in [6.45, 7) is 4.80. The number of halogens is 2. The average Bonchev–Trinajstić information content (AvgIpc) is 3.28. The Morgan fingerprint density at radius 1 is 1.14 bits per heavy atom. The topological polar surface area (TPSA) is 78.0 Å². The summed E-state index contributed by atoms with van der Waals surface area (Å²) < 4.78 is 43.1. The summed E-state index contributed by atoms with van der Waals surface area (Å²) in [5.74, 6) is -1.20. The Labute approximate surface area is 214 Å². The molecule has 0 spiro atoms. The zero-order valence-corrected chi connectivity index (χ0v) is 22.2. The highest BCUT2D eigenvalue weighted by Crippen LogP contribution is 2.40. The molecule has 1 saturated heterocycles. The number of nitrogens with zero attached hydrogens (tertiary/aromatic N) is 3. The molecule has 0 bridgehead atoms. The molecule has 0 N–H and O–H groups in total. The Kier molecular flexibility index (Phi) is 7.63. The number of carbonyl (C=O) groups is 2. The molecule has 7 nitrogen and oxygen atoms in total. The maximum absolute atomic E-state index is 13.9. The zero-order chi connectivity index (χ0) is 25.3. The summed E-state index contributed by atoms with van der Waals surface area (Å²) in [7, 11) is -3.96. The normalized spacial score (nSPS) is 18.4. The fourth-order valence-corrected chi connectivity index (χ4v) is 7.36. The maximum atomic E-state index is 13.9. The molecule has 4 rings (SSSR count). The first-order valence-corrected chi connectivity index (χ1v) is 14.1. The molecule has 1 atom stereocenters. The number of sulfonamides is 1. The van der Waals surface area contributed by atoms with Crippen LogP contribution in [-0.2, 0) is 26.0 Å². The minimum Gasteiger partial charge on any atom is -0.312 e. The van der Waals surface area contributed by atoms with E-state index in [0.29, 0.717) is 54.7 Å². The van der Waals surface area contributed by atoms with E-state index in [1.54, 1.807) is 34.9 Å². The van der Waals surface area contributed by atoms with Gasteiger partial charge in [-0.25, -0.2) is 12.8 Å². The van der Waals surface area contributed by atoms with E-state index in [1.807, 2.05) is 13.0 Å². The van der Waals surface area contributed by atoms with Crippen molar-refractivity contribution >= 4 is 49.1 Å². The van der Waals surface area contributed by atoms with Crippen LogP contribution < -0.4 is 9.80 Å². The van der Waals surface area contributed by atoms with Gasteiger partial charge in [0.15, 0.2) is 0 Å². The second kappa shape index (κ2) is 10.4. The molecule has 2 amide bonds. The molecule has 2 aromatic rings. The summed E-state index contributed by atoms with van der Waals surface area (Å²) >= 11 is 3.43. The predicted molar refractivity (Wildman–Crippen MR) is 136 cm³/mol. The molecule has 2 aromatic carbocycles. The number of piperidine rings is 1. The van der Waals surface area contributed by atoms with E-state index in [4.69, 9.17) is 0 Å². The van der Waals surface area contributed by atoms with Gasteiger partial charge in [0.05, 0.1) is 11.6 Å². The lowest BCUT2D eigenvalue weighted by molar-refractivity contribution is -0.123. The minimum absolute atomic E-state index is 0.0574. The highest BCUT2D eigenvalue weighted by molar-refractivity contribution is 9.10. The van der Waals surface area contributed by atoms with Gasteiger partial charge in [0.2, 0.25) is 21.8 Å². The number of fused-ring (bicyclic) bond motifs is 1. The first-order chi connectivity index (χ1) is 16.7. The number of benzene rings is 2.